The maximum absolute atomic E-state index is 14.4. The number of nitrogens with zero attached hydrogens (tertiary/aromatic N) is 1. The van der Waals surface area contributed by atoms with E-state index in [9.17, 15) is 12.3 Å². The molecule has 0 N–H and O–H groups in total. The monoisotopic (exact) mass is 345 g/mol. The quantitative estimate of drug-likeness (QED) is 0.801. The zero-order chi connectivity index (χ0) is 16.8. The van der Waals surface area contributed by atoms with Crippen molar-refractivity contribution in [1.29, 1.82) is 0 Å². The summed E-state index contributed by atoms with van der Waals surface area (Å²) in [5, 5.41) is 0. The summed E-state index contributed by atoms with van der Waals surface area (Å²) < 4.78 is 37.3. The molecular weight excluding hydrogens is 325 g/mol. The Morgan fingerprint density at radius 3 is 2.54 bits per heavy atom. The molecular formula is C19H20FNO2S. The molecule has 126 valence electrons. The molecule has 2 aliphatic rings. The fourth-order valence-electron chi connectivity index (χ4n) is 4.39. The van der Waals surface area contributed by atoms with Crippen LogP contribution in [-0.2, 0) is 23.2 Å². The molecule has 2 aromatic carbocycles. The van der Waals surface area contributed by atoms with Crippen molar-refractivity contribution >= 4 is 10.2 Å². The van der Waals surface area contributed by atoms with Gasteiger partial charge in [0, 0.05) is 25.6 Å². The van der Waals surface area contributed by atoms with Crippen LogP contribution >= 0.6 is 0 Å². The van der Waals surface area contributed by atoms with Crippen molar-refractivity contribution in [2.45, 2.75) is 30.1 Å². The van der Waals surface area contributed by atoms with E-state index in [4.69, 9.17) is 0 Å². The molecule has 5 heteroatoms. The predicted molar refractivity (Wildman–Crippen MR) is 92.0 cm³/mol. The normalized spacial score (nSPS) is 26.8. The van der Waals surface area contributed by atoms with Crippen LogP contribution in [0.3, 0.4) is 0 Å². The fraction of sp³-hybridized carbons (Fsp3) is 0.368. The molecule has 1 aliphatic heterocycles. The molecule has 0 amide bonds. The molecule has 1 aliphatic carbocycles. The highest BCUT2D eigenvalue weighted by molar-refractivity contribution is 7.87. The molecule has 1 heterocycles. The molecule has 0 bridgehead atoms. The van der Waals surface area contributed by atoms with E-state index in [1.54, 1.807) is 0 Å². The number of hydrogen-bond donors (Lipinski definition) is 0. The van der Waals surface area contributed by atoms with Crippen LogP contribution < -0.4 is 0 Å². The molecule has 24 heavy (non-hydrogen) atoms. The largest absolute Gasteiger partial charge is 0.310 e. The molecule has 0 unspecified atom stereocenters. The molecule has 0 radical (unpaired) electrons. The van der Waals surface area contributed by atoms with E-state index in [0.717, 1.165) is 16.7 Å². The predicted octanol–water partition coefficient (Wildman–Crippen LogP) is 3.27. The fourth-order valence-corrected chi connectivity index (χ4v) is 5.62. The highest BCUT2D eigenvalue weighted by atomic mass is 32.3. The maximum Gasteiger partial charge on any atom is 0.310 e. The van der Waals surface area contributed by atoms with Crippen molar-refractivity contribution in [2.24, 2.45) is 0 Å². The third-order valence-electron chi connectivity index (χ3n) is 5.55. The Bertz CT molecular complexity index is 853. The molecule has 1 fully saturated rings. The zero-order valence-corrected chi connectivity index (χ0v) is 14.2. The lowest BCUT2D eigenvalue weighted by Gasteiger charge is -2.36. The van der Waals surface area contributed by atoms with Gasteiger partial charge in [0.2, 0.25) is 0 Å². The first-order valence-electron chi connectivity index (χ1n) is 8.28. The summed E-state index contributed by atoms with van der Waals surface area (Å²) in [6, 6.07) is 17.8. The second kappa shape index (κ2) is 5.67. The van der Waals surface area contributed by atoms with E-state index >= 15 is 0 Å². The van der Waals surface area contributed by atoms with Crippen molar-refractivity contribution < 1.29 is 12.3 Å². The lowest BCUT2D eigenvalue weighted by molar-refractivity contribution is 0.315. The Labute approximate surface area is 142 Å². The lowest BCUT2D eigenvalue weighted by atomic mass is 9.76. The van der Waals surface area contributed by atoms with Gasteiger partial charge in [-0.3, -0.25) is 4.90 Å². The standard InChI is InChI=1S/C19H20FNO2S/c20-24(22,23)19-11-10-16-8-4-5-9-17(16)18(19)13-21(14-19)12-15-6-2-1-3-7-15/h1-9,18H,10-14H2/t18-,19+/m1/s1. The highest BCUT2D eigenvalue weighted by Gasteiger charge is 2.58. The number of fused-ring (bicyclic) bond motifs is 3. The summed E-state index contributed by atoms with van der Waals surface area (Å²) in [7, 11) is -4.63. The lowest BCUT2D eigenvalue weighted by Crippen LogP contribution is -2.46. The van der Waals surface area contributed by atoms with Gasteiger partial charge in [0.05, 0.1) is 0 Å². The first kappa shape index (κ1) is 15.8. The van der Waals surface area contributed by atoms with Crippen LogP contribution in [0.2, 0.25) is 0 Å². The van der Waals surface area contributed by atoms with Crippen molar-refractivity contribution in [3.8, 4) is 0 Å². The van der Waals surface area contributed by atoms with Crippen LogP contribution in [0.5, 0.6) is 0 Å². The van der Waals surface area contributed by atoms with Crippen molar-refractivity contribution in [3.63, 3.8) is 0 Å². The zero-order valence-electron chi connectivity index (χ0n) is 13.4. The summed E-state index contributed by atoms with van der Waals surface area (Å²) in [4.78, 5) is 2.08. The molecule has 1 saturated heterocycles. The minimum Gasteiger partial charge on any atom is -0.297 e. The van der Waals surface area contributed by atoms with Gasteiger partial charge >= 0.3 is 10.2 Å². The first-order chi connectivity index (χ1) is 11.5. The number of hydrogen-bond acceptors (Lipinski definition) is 3. The van der Waals surface area contributed by atoms with Crippen molar-refractivity contribution in [1.82, 2.24) is 4.90 Å². The van der Waals surface area contributed by atoms with E-state index in [0.29, 0.717) is 25.9 Å². The van der Waals surface area contributed by atoms with Crippen LogP contribution in [0.25, 0.3) is 0 Å². The molecule has 3 nitrogen and oxygen atoms in total. The van der Waals surface area contributed by atoms with Gasteiger partial charge in [-0.2, -0.15) is 8.42 Å². The van der Waals surface area contributed by atoms with Crippen molar-refractivity contribution in [2.75, 3.05) is 13.1 Å². The topological polar surface area (TPSA) is 37.4 Å². The van der Waals surface area contributed by atoms with Gasteiger partial charge < -0.3 is 0 Å². The van der Waals surface area contributed by atoms with Crippen molar-refractivity contribution in [3.05, 3.63) is 71.3 Å². The average molecular weight is 345 g/mol. The number of benzene rings is 2. The van der Waals surface area contributed by atoms with Gasteiger partial charge in [0.15, 0.2) is 0 Å². The van der Waals surface area contributed by atoms with E-state index in [2.05, 4.69) is 4.90 Å². The van der Waals surface area contributed by atoms with E-state index in [1.807, 2.05) is 54.6 Å². The second-order valence-electron chi connectivity index (χ2n) is 6.91. The Morgan fingerprint density at radius 2 is 1.79 bits per heavy atom. The molecule has 0 spiro atoms. The Hall–Kier alpha value is -1.72. The van der Waals surface area contributed by atoms with Gasteiger partial charge in [-0.25, -0.2) is 0 Å². The van der Waals surface area contributed by atoms with Gasteiger partial charge in [-0.1, -0.05) is 54.6 Å². The van der Waals surface area contributed by atoms with E-state index < -0.39 is 15.0 Å². The summed E-state index contributed by atoms with van der Waals surface area (Å²) in [6.07, 6.45) is 0.980. The van der Waals surface area contributed by atoms with Crippen LogP contribution in [-0.4, -0.2) is 31.2 Å². The third-order valence-corrected chi connectivity index (χ3v) is 7.14. The number of halogens is 1. The van der Waals surface area contributed by atoms with E-state index in [1.165, 1.54) is 0 Å². The van der Waals surface area contributed by atoms with Crippen LogP contribution in [0.1, 0.15) is 29.0 Å². The Kier molecular flexibility index (Phi) is 3.73. The van der Waals surface area contributed by atoms with Crippen LogP contribution in [0, 0.1) is 0 Å². The number of likely N-dealkylation sites (tertiary alicyclic amines) is 1. The Morgan fingerprint density at radius 1 is 1.08 bits per heavy atom. The molecule has 4 rings (SSSR count). The van der Waals surface area contributed by atoms with Gasteiger partial charge in [0.25, 0.3) is 0 Å². The molecule has 2 atom stereocenters. The second-order valence-corrected chi connectivity index (χ2v) is 8.60. The number of rotatable bonds is 3. The summed E-state index contributed by atoms with van der Waals surface area (Å²) >= 11 is 0. The average Bonchev–Trinajstić information content (AvgIpc) is 2.95. The molecule has 0 saturated carbocycles. The summed E-state index contributed by atoms with van der Waals surface area (Å²) in [6.45, 7) is 1.49. The Balaban J connectivity index is 1.72. The van der Waals surface area contributed by atoms with Gasteiger partial charge in [-0.05, 0) is 29.5 Å². The molecule has 0 aromatic heterocycles. The van der Waals surface area contributed by atoms with Gasteiger partial charge in [-0.15, -0.1) is 3.89 Å². The minimum atomic E-state index is -4.63. The SMILES string of the molecule is O=S(=O)(F)[C@]12CCc3ccccc3[C@H]1CN(Cc1ccccc1)C2. The minimum absolute atomic E-state index is 0.264. The summed E-state index contributed by atoms with van der Waals surface area (Å²) in [5.74, 6) is -0.291. The number of aryl methyl sites for hydroxylation is 1. The molecule has 2 aromatic rings. The van der Waals surface area contributed by atoms with Crippen LogP contribution in [0.4, 0.5) is 3.89 Å². The van der Waals surface area contributed by atoms with Crippen LogP contribution in [0.15, 0.2) is 54.6 Å². The summed E-state index contributed by atoms with van der Waals surface area (Å²) in [5.41, 5.74) is 3.28. The highest BCUT2D eigenvalue weighted by Crippen LogP contribution is 2.49. The smallest absolute Gasteiger partial charge is 0.297 e. The maximum atomic E-state index is 14.4. The van der Waals surface area contributed by atoms with E-state index in [-0.39, 0.29) is 12.5 Å². The third kappa shape index (κ3) is 2.47. The van der Waals surface area contributed by atoms with Gasteiger partial charge in [0.1, 0.15) is 4.75 Å². The first-order valence-corrected chi connectivity index (χ1v) is 9.66.